The van der Waals surface area contributed by atoms with Crippen LogP contribution in [0.1, 0.15) is 76.3 Å². The third-order valence-corrected chi connectivity index (χ3v) is 15.1. The van der Waals surface area contributed by atoms with Crippen LogP contribution in [-0.2, 0) is 27.5 Å². The lowest BCUT2D eigenvalue weighted by Crippen LogP contribution is -2.36. The van der Waals surface area contributed by atoms with Gasteiger partial charge in [0.1, 0.15) is 29.6 Å². The number of carboxylic acids is 2. The first-order chi connectivity index (χ1) is 25.9. The highest BCUT2D eigenvalue weighted by Gasteiger charge is 2.42. The Morgan fingerprint density at radius 2 is 1.69 bits per heavy atom. The van der Waals surface area contributed by atoms with E-state index in [0.717, 1.165) is 75.2 Å². The van der Waals surface area contributed by atoms with Gasteiger partial charge in [-0.25, -0.2) is 0 Å². The van der Waals surface area contributed by atoms with Crippen molar-refractivity contribution in [1.82, 2.24) is 14.0 Å². The van der Waals surface area contributed by atoms with Crippen molar-refractivity contribution in [3.63, 3.8) is 0 Å². The van der Waals surface area contributed by atoms with Gasteiger partial charge in [-0.1, -0.05) is 68.5 Å². The van der Waals surface area contributed by atoms with E-state index in [4.69, 9.17) is 12.2 Å². The average Bonchev–Trinajstić information content (AvgIpc) is 3.95. The summed E-state index contributed by atoms with van der Waals surface area (Å²) in [5.74, 6) is -2.22. The molecule has 1 aliphatic carbocycles. The summed E-state index contributed by atoms with van der Waals surface area (Å²) in [4.78, 5) is 70.6. The zero-order valence-electron chi connectivity index (χ0n) is 30.1. The molecule has 4 heterocycles. The minimum atomic E-state index is -1.25. The molecule has 3 aliphatic rings. The van der Waals surface area contributed by atoms with E-state index in [2.05, 4.69) is 29.2 Å². The Morgan fingerprint density at radius 3 is 2.33 bits per heavy atom. The number of rotatable bonds is 11. The lowest BCUT2D eigenvalue weighted by Gasteiger charge is -2.27. The number of carbonyl (C=O) groups is 3. The second-order valence-corrected chi connectivity index (χ2v) is 17.5. The van der Waals surface area contributed by atoms with Gasteiger partial charge in [0.25, 0.3) is 17.0 Å². The van der Waals surface area contributed by atoms with Crippen molar-refractivity contribution < 1.29 is 24.6 Å². The summed E-state index contributed by atoms with van der Waals surface area (Å²) in [6, 6.07) is 16.9. The van der Waals surface area contributed by atoms with Crippen LogP contribution < -0.4 is 25.2 Å². The van der Waals surface area contributed by atoms with Gasteiger partial charge in [0.15, 0.2) is 0 Å². The average molecular weight is 805 g/mol. The molecule has 1 saturated heterocycles. The van der Waals surface area contributed by atoms with E-state index >= 15 is 0 Å². The Labute approximate surface area is 328 Å². The molecule has 54 heavy (non-hydrogen) atoms. The largest absolute Gasteiger partial charge is 0.481 e. The van der Waals surface area contributed by atoms with E-state index in [1.54, 1.807) is 26.8 Å². The predicted octanol–water partition coefficient (Wildman–Crippen LogP) is 5.39. The van der Waals surface area contributed by atoms with Crippen LogP contribution in [0.15, 0.2) is 58.1 Å². The molecule has 2 atom stereocenters. The zero-order valence-corrected chi connectivity index (χ0v) is 33.3. The number of aromatic nitrogens is 2. The first-order valence-corrected chi connectivity index (χ1v) is 21.0. The molecule has 11 nitrogen and oxygen atoms in total. The Morgan fingerprint density at radius 1 is 0.944 bits per heavy atom. The number of amides is 1. The fourth-order valence-corrected chi connectivity index (χ4v) is 12.0. The van der Waals surface area contributed by atoms with Crippen molar-refractivity contribution in [2.75, 3.05) is 11.4 Å². The van der Waals surface area contributed by atoms with Crippen LogP contribution in [0.5, 0.6) is 0 Å². The lowest BCUT2D eigenvalue weighted by atomic mass is 9.79. The summed E-state index contributed by atoms with van der Waals surface area (Å²) in [6.45, 7) is 5.05. The number of thioether (sulfide) groups is 1. The maximum atomic E-state index is 14.4. The van der Waals surface area contributed by atoms with Gasteiger partial charge in [0, 0.05) is 36.4 Å². The van der Waals surface area contributed by atoms with E-state index < -0.39 is 35.0 Å². The molecular formula is C39H40N4O7S4. The highest BCUT2D eigenvalue weighted by molar-refractivity contribution is 8.30. The van der Waals surface area contributed by atoms with Crippen LogP contribution in [-0.4, -0.2) is 59.0 Å². The zero-order chi connectivity index (χ0) is 38.5. The van der Waals surface area contributed by atoms with Gasteiger partial charge in [0.05, 0.1) is 9.95 Å². The molecule has 282 valence electrons. The summed E-state index contributed by atoms with van der Waals surface area (Å²) < 4.78 is 3.69. The lowest BCUT2D eigenvalue weighted by molar-refractivity contribution is -0.150. The molecule has 2 aliphatic heterocycles. The quantitative estimate of drug-likeness (QED) is 0.190. The maximum absolute atomic E-state index is 14.4. The topological polar surface area (TPSA) is 142 Å². The number of carboxylic acid groups (broad SMARTS) is 2. The number of fused-ring (bicyclic) bond motifs is 3. The molecule has 1 saturated carbocycles. The third kappa shape index (κ3) is 6.48. The minimum Gasteiger partial charge on any atom is -0.481 e. The van der Waals surface area contributed by atoms with Gasteiger partial charge >= 0.3 is 11.9 Å². The van der Waals surface area contributed by atoms with Crippen molar-refractivity contribution in [2.45, 2.75) is 84.3 Å². The van der Waals surface area contributed by atoms with Crippen molar-refractivity contribution >= 4 is 91.2 Å². The molecule has 7 rings (SSSR count). The minimum absolute atomic E-state index is 0.000318. The monoisotopic (exact) mass is 804 g/mol. The normalized spacial score (nSPS) is 20.2. The molecular weight excluding hydrogens is 765 g/mol. The Balaban J connectivity index is 1.43. The van der Waals surface area contributed by atoms with Crippen molar-refractivity contribution in [3.05, 3.63) is 98.8 Å². The molecule has 2 aromatic carbocycles. The number of aliphatic carboxylic acids is 2. The van der Waals surface area contributed by atoms with Crippen molar-refractivity contribution in [2.24, 2.45) is 5.41 Å². The number of hydrogen-bond donors (Lipinski definition) is 2. The molecule has 2 fully saturated rings. The van der Waals surface area contributed by atoms with Crippen molar-refractivity contribution in [1.29, 1.82) is 0 Å². The summed E-state index contributed by atoms with van der Waals surface area (Å²) in [6.07, 6.45) is 5.84. The summed E-state index contributed by atoms with van der Waals surface area (Å²) in [5.41, 5.74) is 2.14. The number of thiocarbonyl (C=S) groups is 1. The van der Waals surface area contributed by atoms with Gasteiger partial charge in [0.2, 0.25) is 0 Å². The second-order valence-electron chi connectivity index (χ2n) is 13.8. The van der Waals surface area contributed by atoms with Gasteiger partial charge in [-0.05, 0) is 80.5 Å². The van der Waals surface area contributed by atoms with Crippen LogP contribution >= 0.6 is 46.7 Å². The Kier molecular flexibility index (Phi) is 10.6. The van der Waals surface area contributed by atoms with Crippen LogP contribution in [0.25, 0.3) is 11.0 Å². The fourth-order valence-electron chi connectivity index (χ4n) is 8.06. The third-order valence-electron chi connectivity index (χ3n) is 11.1. The second kappa shape index (κ2) is 15.1. The number of thiazole rings is 2. The predicted molar refractivity (Wildman–Crippen MR) is 217 cm³/mol. The van der Waals surface area contributed by atoms with E-state index in [0.29, 0.717) is 40.3 Å². The number of hydrogen-bond acceptors (Lipinski definition) is 10. The molecule has 2 unspecified atom stereocenters. The van der Waals surface area contributed by atoms with E-state index in [9.17, 15) is 34.2 Å². The Bertz CT molecular complexity index is 2530. The highest BCUT2D eigenvalue weighted by atomic mass is 32.2. The molecule has 0 spiro atoms. The van der Waals surface area contributed by atoms with Gasteiger partial charge < -0.3 is 15.1 Å². The summed E-state index contributed by atoms with van der Waals surface area (Å²) in [5, 5.41) is 20.0. The van der Waals surface area contributed by atoms with E-state index in [-0.39, 0.29) is 37.5 Å². The Hall–Kier alpha value is -4.31. The van der Waals surface area contributed by atoms with Crippen LogP contribution in [0.2, 0.25) is 0 Å². The number of benzene rings is 2. The molecule has 2 N–H and O–H groups in total. The maximum Gasteiger partial charge on any atom is 0.323 e. The van der Waals surface area contributed by atoms with Gasteiger partial charge in [-0.15, -0.1) is 22.7 Å². The van der Waals surface area contributed by atoms with Gasteiger partial charge in [-0.2, -0.15) is 0 Å². The molecule has 15 heteroatoms. The van der Waals surface area contributed by atoms with Crippen LogP contribution in [0.3, 0.4) is 0 Å². The number of anilines is 2. The molecule has 1 amide bonds. The molecule has 0 radical (unpaired) electrons. The van der Waals surface area contributed by atoms with E-state index in [1.165, 1.54) is 15.0 Å². The number of carbonyl (C=O) groups excluding carboxylic acids is 1. The SMILES string of the molecule is CCN1C(=O)/C(=c2\s/c(=c3/s/c(=C\c4ccc5c(c4)C4CCCC4N5c4ccccc4)c(=O)n3CC(=O)O)c(=O)n2CCC(CC)(CC)C(=O)O)SC1=S. The first-order valence-electron chi connectivity index (χ1n) is 18.1. The standard InChI is InChI=1S/C39H40N4O7S4/c1-4-39(5-2,37(49)50)17-18-41-34(48)30(53-35(41)31-33(47)40(6-3)38(51)54-31)36-42(21-29(44)45)32(46)28(52-36)20-22-15-16-27-25(19-22)24-13-10-14-26(24)43(27)23-11-8-7-9-12-23/h7-9,11-12,15-16,19-20,24,26H,4-6,10,13-14,17-18,21H2,1-3H3,(H,44,45)(H,49,50)/b28-20-,35-31+,36-30+. The summed E-state index contributed by atoms with van der Waals surface area (Å²) in [7, 11) is 0. The highest BCUT2D eigenvalue weighted by Crippen LogP contribution is 2.52. The fraction of sp³-hybridized carbons (Fsp3) is 0.385. The van der Waals surface area contributed by atoms with Crippen LogP contribution in [0, 0.1) is 14.6 Å². The summed E-state index contributed by atoms with van der Waals surface area (Å²) >= 11 is 8.58. The molecule has 0 bridgehead atoms. The van der Waals surface area contributed by atoms with Gasteiger partial charge in [-0.3, -0.25) is 38.0 Å². The van der Waals surface area contributed by atoms with E-state index in [1.807, 2.05) is 24.3 Å². The number of para-hydroxylation sites is 1. The number of nitrogens with zero attached hydrogens (tertiary/aromatic N) is 4. The van der Waals surface area contributed by atoms with Crippen molar-refractivity contribution in [3.8, 4) is 0 Å². The molecule has 4 aromatic rings. The smallest absolute Gasteiger partial charge is 0.323 e. The molecule has 2 aromatic heterocycles. The van der Waals surface area contributed by atoms with Crippen LogP contribution in [0.4, 0.5) is 11.4 Å². The first kappa shape index (κ1) is 38.0.